The molecule has 0 spiro atoms. The Morgan fingerprint density at radius 2 is 1.64 bits per heavy atom. The molecule has 0 aliphatic heterocycles. The van der Waals surface area contributed by atoms with Crippen LogP contribution in [0.4, 0.5) is 17.3 Å². The fourth-order valence-electron chi connectivity index (χ4n) is 2.24. The van der Waals surface area contributed by atoms with Crippen LogP contribution in [0.25, 0.3) is 0 Å². The minimum Gasteiger partial charge on any atom is -0.338 e. The number of aryl methyl sites for hydroxylation is 1. The number of hydrogen-bond acceptors (Lipinski definition) is 4. The van der Waals surface area contributed by atoms with Crippen molar-refractivity contribution in [1.82, 2.24) is 10.2 Å². The van der Waals surface area contributed by atoms with Gasteiger partial charge in [0.15, 0.2) is 11.6 Å². The van der Waals surface area contributed by atoms with Gasteiger partial charge in [-0.15, -0.1) is 10.2 Å². The monoisotopic (exact) mass is 352 g/mol. The van der Waals surface area contributed by atoms with Crippen LogP contribution in [0.15, 0.2) is 60.7 Å². The Morgan fingerprint density at radius 1 is 0.960 bits per heavy atom. The van der Waals surface area contributed by atoms with Crippen LogP contribution in [0.1, 0.15) is 11.1 Å². The van der Waals surface area contributed by atoms with E-state index >= 15 is 0 Å². The molecule has 1 aromatic heterocycles. The number of anilines is 3. The molecule has 0 radical (unpaired) electrons. The van der Waals surface area contributed by atoms with Crippen LogP contribution in [-0.2, 0) is 11.2 Å². The SMILES string of the molecule is Cc1ccc(CC(=O)Nc2ccc(Nc3ccccc3Cl)nn2)cc1. The zero-order valence-electron chi connectivity index (χ0n) is 13.7. The van der Waals surface area contributed by atoms with E-state index in [-0.39, 0.29) is 5.91 Å². The van der Waals surface area contributed by atoms with Crippen molar-refractivity contribution in [1.29, 1.82) is 0 Å². The lowest BCUT2D eigenvalue weighted by Gasteiger charge is -2.08. The highest BCUT2D eigenvalue weighted by atomic mass is 35.5. The molecule has 5 nitrogen and oxygen atoms in total. The maximum Gasteiger partial charge on any atom is 0.229 e. The van der Waals surface area contributed by atoms with E-state index in [9.17, 15) is 4.79 Å². The third-order valence-corrected chi connectivity index (χ3v) is 3.88. The van der Waals surface area contributed by atoms with Crippen LogP contribution >= 0.6 is 11.6 Å². The molecule has 0 bridgehead atoms. The van der Waals surface area contributed by atoms with Crippen LogP contribution in [0, 0.1) is 6.92 Å². The van der Waals surface area contributed by atoms with E-state index in [1.165, 1.54) is 0 Å². The van der Waals surface area contributed by atoms with Crippen molar-refractivity contribution in [2.45, 2.75) is 13.3 Å². The highest BCUT2D eigenvalue weighted by Gasteiger charge is 2.06. The molecule has 0 unspecified atom stereocenters. The fraction of sp³-hybridized carbons (Fsp3) is 0.105. The van der Waals surface area contributed by atoms with Gasteiger partial charge in [-0.05, 0) is 36.8 Å². The summed E-state index contributed by atoms with van der Waals surface area (Å²) in [7, 11) is 0. The molecule has 6 heteroatoms. The molecule has 2 aromatic carbocycles. The standard InChI is InChI=1S/C19H17ClN4O/c1-13-6-8-14(9-7-13)12-19(25)22-18-11-10-17(23-24-18)21-16-5-3-2-4-15(16)20/h2-11H,12H2,1H3,(H,21,23)(H,22,24,25). The number of hydrogen-bond donors (Lipinski definition) is 2. The van der Waals surface area contributed by atoms with Gasteiger partial charge in [0.2, 0.25) is 5.91 Å². The van der Waals surface area contributed by atoms with Gasteiger partial charge in [0.25, 0.3) is 0 Å². The summed E-state index contributed by atoms with van der Waals surface area (Å²) in [5, 5.41) is 14.5. The molecule has 126 valence electrons. The molecule has 25 heavy (non-hydrogen) atoms. The van der Waals surface area contributed by atoms with E-state index in [0.717, 1.165) is 16.8 Å². The lowest BCUT2D eigenvalue weighted by Crippen LogP contribution is -2.15. The van der Waals surface area contributed by atoms with Crippen molar-refractivity contribution < 1.29 is 4.79 Å². The molecule has 0 fully saturated rings. The smallest absolute Gasteiger partial charge is 0.229 e. The number of halogens is 1. The zero-order valence-corrected chi connectivity index (χ0v) is 14.4. The largest absolute Gasteiger partial charge is 0.338 e. The van der Waals surface area contributed by atoms with Crippen molar-refractivity contribution in [3.63, 3.8) is 0 Å². The van der Waals surface area contributed by atoms with E-state index in [0.29, 0.717) is 23.1 Å². The number of carbonyl (C=O) groups is 1. The number of nitrogens with zero attached hydrogens (tertiary/aromatic N) is 2. The third-order valence-electron chi connectivity index (χ3n) is 3.55. The van der Waals surface area contributed by atoms with Crippen molar-refractivity contribution in [2.24, 2.45) is 0 Å². The molecule has 3 rings (SSSR count). The Labute approximate surface area is 151 Å². The van der Waals surface area contributed by atoms with Crippen molar-refractivity contribution in [2.75, 3.05) is 10.6 Å². The van der Waals surface area contributed by atoms with Gasteiger partial charge in [-0.25, -0.2) is 0 Å². The molecule has 1 heterocycles. The molecular weight excluding hydrogens is 336 g/mol. The van der Waals surface area contributed by atoms with E-state index < -0.39 is 0 Å². The lowest BCUT2D eigenvalue weighted by atomic mass is 10.1. The summed E-state index contributed by atoms with van der Waals surface area (Å²) in [6.45, 7) is 2.01. The summed E-state index contributed by atoms with van der Waals surface area (Å²) in [6.07, 6.45) is 0.293. The molecule has 3 aromatic rings. The average Bonchev–Trinajstić information content (AvgIpc) is 2.61. The van der Waals surface area contributed by atoms with Gasteiger partial charge >= 0.3 is 0 Å². The maximum absolute atomic E-state index is 12.1. The van der Waals surface area contributed by atoms with Gasteiger partial charge in [0.05, 0.1) is 17.1 Å². The summed E-state index contributed by atoms with van der Waals surface area (Å²) in [6, 6.07) is 18.6. The van der Waals surface area contributed by atoms with E-state index in [1.54, 1.807) is 18.2 Å². The number of rotatable bonds is 5. The Morgan fingerprint density at radius 3 is 2.32 bits per heavy atom. The topological polar surface area (TPSA) is 66.9 Å². The number of amides is 1. The highest BCUT2D eigenvalue weighted by Crippen LogP contribution is 2.23. The maximum atomic E-state index is 12.1. The summed E-state index contributed by atoms with van der Waals surface area (Å²) >= 11 is 6.09. The Hall–Kier alpha value is -2.92. The lowest BCUT2D eigenvalue weighted by molar-refractivity contribution is -0.115. The molecule has 2 N–H and O–H groups in total. The first-order valence-corrected chi connectivity index (χ1v) is 8.18. The van der Waals surface area contributed by atoms with Crippen LogP contribution < -0.4 is 10.6 Å². The van der Waals surface area contributed by atoms with Crippen LogP contribution in [0.3, 0.4) is 0 Å². The summed E-state index contributed by atoms with van der Waals surface area (Å²) < 4.78 is 0. The molecule has 0 saturated carbocycles. The van der Waals surface area contributed by atoms with Gasteiger partial charge in [-0.1, -0.05) is 53.6 Å². The first kappa shape index (κ1) is 16.9. The average molecular weight is 353 g/mol. The molecular formula is C19H17ClN4O. The summed E-state index contributed by atoms with van der Waals surface area (Å²) in [4.78, 5) is 12.1. The number of benzene rings is 2. The second-order valence-electron chi connectivity index (χ2n) is 5.62. The Bertz CT molecular complexity index is 863. The number of para-hydroxylation sites is 1. The van der Waals surface area contributed by atoms with E-state index in [4.69, 9.17) is 11.6 Å². The molecule has 0 atom stereocenters. The predicted octanol–water partition coefficient (Wildman–Crippen LogP) is 4.36. The van der Waals surface area contributed by atoms with Gasteiger partial charge in [0, 0.05) is 0 Å². The molecule has 0 aliphatic carbocycles. The highest BCUT2D eigenvalue weighted by molar-refractivity contribution is 6.33. The van der Waals surface area contributed by atoms with Crippen LogP contribution in [0.5, 0.6) is 0 Å². The fourth-order valence-corrected chi connectivity index (χ4v) is 2.43. The van der Waals surface area contributed by atoms with Crippen LogP contribution in [-0.4, -0.2) is 16.1 Å². The summed E-state index contributed by atoms with van der Waals surface area (Å²) in [5.74, 6) is 0.816. The predicted molar refractivity (Wildman–Crippen MR) is 100 cm³/mol. The van der Waals surface area contributed by atoms with Gasteiger partial charge in [-0.3, -0.25) is 4.79 Å². The number of nitrogens with one attached hydrogen (secondary N) is 2. The second kappa shape index (κ2) is 7.77. The van der Waals surface area contributed by atoms with E-state index in [2.05, 4.69) is 20.8 Å². The second-order valence-corrected chi connectivity index (χ2v) is 6.03. The third kappa shape index (κ3) is 4.78. The minimum absolute atomic E-state index is 0.134. The van der Waals surface area contributed by atoms with Crippen molar-refractivity contribution in [3.05, 3.63) is 76.8 Å². The normalized spacial score (nSPS) is 10.3. The first-order chi connectivity index (χ1) is 12.1. The summed E-state index contributed by atoms with van der Waals surface area (Å²) in [5.41, 5.74) is 2.86. The molecule has 0 saturated heterocycles. The first-order valence-electron chi connectivity index (χ1n) is 7.81. The quantitative estimate of drug-likeness (QED) is 0.715. The molecule has 0 aliphatic rings. The van der Waals surface area contributed by atoms with Crippen LogP contribution in [0.2, 0.25) is 5.02 Å². The Balaban J connectivity index is 1.59. The van der Waals surface area contributed by atoms with Gasteiger partial charge in [-0.2, -0.15) is 0 Å². The zero-order chi connectivity index (χ0) is 17.6. The van der Waals surface area contributed by atoms with E-state index in [1.807, 2.05) is 49.4 Å². The Kier molecular flexibility index (Phi) is 5.26. The van der Waals surface area contributed by atoms with Gasteiger partial charge < -0.3 is 10.6 Å². The minimum atomic E-state index is -0.134. The molecule has 1 amide bonds. The van der Waals surface area contributed by atoms with Gasteiger partial charge in [0.1, 0.15) is 0 Å². The van der Waals surface area contributed by atoms with Crippen molar-refractivity contribution in [3.8, 4) is 0 Å². The van der Waals surface area contributed by atoms with Crippen molar-refractivity contribution >= 4 is 34.8 Å². The number of carbonyl (C=O) groups excluding carboxylic acids is 1. The number of aromatic nitrogens is 2.